The quantitative estimate of drug-likeness (QED) is 0.178. The highest BCUT2D eigenvalue weighted by molar-refractivity contribution is 5.99. The standard InChI is InChI=1S/C29H27FN6O3/c1-2-27(38)34-23-16-19(8-10-22(23)30)28-24(32-20-6-4-3-5-7-20)18-31-29(35-28)33-21-9-11-26(37)25(17-21)36-12-14-39-15-13-36/h2-11,16-18,32,37H,1,12-15H2,(H,34,38)(H,31,33,35). The number of nitrogens with one attached hydrogen (secondary N) is 3. The van der Waals surface area contributed by atoms with Gasteiger partial charge in [0.05, 0.1) is 42.2 Å². The molecular weight excluding hydrogens is 499 g/mol. The summed E-state index contributed by atoms with van der Waals surface area (Å²) in [5.74, 6) is -0.643. The minimum atomic E-state index is -0.585. The van der Waals surface area contributed by atoms with E-state index in [0.717, 1.165) is 11.8 Å². The summed E-state index contributed by atoms with van der Waals surface area (Å²) in [7, 11) is 0. The largest absolute Gasteiger partial charge is 0.506 e. The maximum Gasteiger partial charge on any atom is 0.247 e. The molecule has 0 radical (unpaired) electrons. The number of amides is 1. The van der Waals surface area contributed by atoms with Crippen molar-refractivity contribution >= 4 is 40.3 Å². The Hall–Kier alpha value is -4.96. The monoisotopic (exact) mass is 526 g/mol. The van der Waals surface area contributed by atoms with Crippen LogP contribution in [0.3, 0.4) is 0 Å². The Labute approximate surface area is 225 Å². The second kappa shape index (κ2) is 11.6. The zero-order valence-corrected chi connectivity index (χ0v) is 21.0. The summed E-state index contributed by atoms with van der Waals surface area (Å²) >= 11 is 0. The zero-order valence-electron chi connectivity index (χ0n) is 21.0. The van der Waals surface area contributed by atoms with Gasteiger partial charge >= 0.3 is 0 Å². The van der Waals surface area contributed by atoms with Crippen LogP contribution in [0.5, 0.6) is 5.75 Å². The maximum absolute atomic E-state index is 14.5. The van der Waals surface area contributed by atoms with E-state index in [1.165, 1.54) is 12.1 Å². The van der Waals surface area contributed by atoms with E-state index < -0.39 is 11.7 Å². The first-order valence-corrected chi connectivity index (χ1v) is 12.4. The van der Waals surface area contributed by atoms with Crippen LogP contribution in [0.1, 0.15) is 0 Å². The molecule has 0 unspecified atom stereocenters. The number of phenolic OH excluding ortho intramolecular Hbond substituents is 1. The number of anilines is 6. The number of aromatic hydroxyl groups is 1. The average molecular weight is 527 g/mol. The molecule has 3 aromatic carbocycles. The van der Waals surface area contributed by atoms with E-state index in [2.05, 4.69) is 32.4 Å². The number of halogens is 1. The number of phenols is 1. The fraction of sp³-hybridized carbons (Fsp3) is 0.138. The topological polar surface area (TPSA) is 112 Å². The molecule has 4 aromatic rings. The first kappa shape index (κ1) is 25.7. The molecule has 39 heavy (non-hydrogen) atoms. The first-order valence-electron chi connectivity index (χ1n) is 12.4. The Bertz CT molecular complexity index is 1490. The highest BCUT2D eigenvalue weighted by Crippen LogP contribution is 2.34. The summed E-state index contributed by atoms with van der Waals surface area (Å²) in [4.78, 5) is 23.1. The number of aromatic nitrogens is 2. The number of carbonyl (C=O) groups is 1. The van der Waals surface area contributed by atoms with Crippen LogP contribution in [0.4, 0.5) is 38.8 Å². The van der Waals surface area contributed by atoms with Crippen LogP contribution >= 0.6 is 0 Å². The van der Waals surface area contributed by atoms with Gasteiger partial charge in [-0.15, -0.1) is 0 Å². The molecule has 0 bridgehead atoms. The van der Waals surface area contributed by atoms with Gasteiger partial charge in [0.15, 0.2) is 0 Å². The molecule has 0 aliphatic carbocycles. The molecule has 1 amide bonds. The zero-order chi connectivity index (χ0) is 27.2. The molecule has 2 heterocycles. The van der Waals surface area contributed by atoms with Gasteiger partial charge in [0.1, 0.15) is 11.6 Å². The van der Waals surface area contributed by atoms with E-state index in [4.69, 9.17) is 9.72 Å². The van der Waals surface area contributed by atoms with Gasteiger partial charge in [-0.2, -0.15) is 0 Å². The molecule has 198 valence electrons. The van der Waals surface area contributed by atoms with Crippen LogP contribution in [0.25, 0.3) is 11.3 Å². The lowest BCUT2D eigenvalue weighted by Crippen LogP contribution is -2.36. The number of benzene rings is 3. The van der Waals surface area contributed by atoms with Crippen molar-refractivity contribution in [1.29, 1.82) is 0 Å². The Kier molecular flexibility index (Phi) is 7.65. The predicted octanol–water partition coefficient (Wildman–Crippen LogP) is 5.44. The van der Waals surface area contributed by atoms with E-state index in [9.17, 15) is 14.3 Å². The van der Waals surface area contributed by atoms with E-state index in [1.807, 2.05) is 36.4 Å². The second-order valence-corrected chi connectivity index (χ2v) is 8.76. The molecule has 1 aromatic heterocycles. The number of para-hydroxylation sites is 1. The van der Waals surface area contributed by atoms with Gasteiger partial charge in [-0.05, 0) is 54.6 Å². The van der Waals surface area contributed by atoms with Crippen molar-refractivity contribution in [2.75, 3.05) is 47.2 Å². The number of nitrogens with zero attached hydrogens (tertiary/aromatic N) is 3. The molecule has 9 nitrogen and oxygen atoms in total. The van der Waals surface area contributed by atoms with E-state index >= 15 is 0 Å². The van der Waals surface area contributed by atoms with Gasteiger partial charge in [-0.1, -0.05) is 24.8 Å². The fourth-order valence-corrected chi connectivity index (χ4v) is 4.17. The number of hydrogen-bond donors (Lipinski definition) is 4. The third-order valence-corrected chi connectivity index (χ3v) is 6.11. The average Bonchev–Trinajstić information content (AvgIpc) is 2.97. The van der Waals surface area contributed by atoms with Crippen molar-refractivity contribution in [2.24, 2.45) is 0 Å². The summed E-state index contributed by atoms with van der Waals surface area (Å²) in [5.41, 5.74) is 3.81. The predicted molar refractivity (Wildman–Crippen MR) is 150 cm³/mol. The van der Waals surface area contributed by atoms with Crippen LogP contribution in [-0.4, -0.2) is 47.3 Å². The molecule has 0 spiro atoms. The summed E-state index contributed by atoms with van der Waals surface area (Å²) < 4.78 is 19.9. The van der Waals surface area contributed by atoms with Gasteiger partial charge in [0.25, 0.3) is 0 Å². The van der Waals surface area contributed by atoms with Crippen LogP contribution in [0.15, 0.2) is 85.6 Å². The molecule has 1 aliphatic heterocycles. The Morgan fingerprint density at radius 2 is 1.79 bits per heavy atom. The van der Waals surface area contributed by atoms with Crippen molar-refractivity contribution in [3.63, 3.8) is 0 Å². The van der Waals surface area contributed by atoms with Crippen LogP contribution in [0, 0.1) is 5.82 Å². The van der Waals surface area contributed by atoms with Crippen molar-refractivity contribution in [3.05, 3.63) is 91.4 Å². The van der Waals surface area contributed by atoms with Gasteiger partial charge in [0.2, 0.25) is 11.9 Å². The molecule has 1 aliphatic rings. The minimum Gasteiger partial charge on any atom is -0.506 e. The van der Waals surface area contributed by atoms with Crippen LogP contribution in [0.2, 0.25) is 0 Å². The maximum atomic E-state index is 14.5. The van der Waals surface area contributed by atoms with Crippen molar-refractivity contribution in [2.45, 2.75) is 0 Å². The summed E-state index contributed by atoms with van der Waals surface area (Å²) in [6, 6.07) is 19.1. The van der Waals surface area contributed by atoms with Gasteiger partial charge < -0.3 is 30.7 Å². The molecule has 0 saturated carbocycles. The Balaban J connectivity index is 1.51. The second-order valence-electron chi connectivity index (χ2n) is 8.76. The molecule has 4 N–H and O–H groups in total. The Morgan fingerprint density at radius 1 is 1.00 bits per heavy atom. The highest BCUT2D eigenvalue weighted by Gasteiger charge is 2.17. The molecule has 1 saturated heterocycles. The molecule has 10 heteroatoms. The SMILES string of the molecule is C=CC(=O)Nc1cc(-c2nc(Nc3ccc(O)c(N4CCOCC4)c3)ncc2Nc2ccccc2)ccc1F. The minimum absolute atomic E-state index is 0.00451. The molecular formula is C29H27FN6O3. The summed E-state index contributed by atoms with van der Waals surface area (Å²) in [6.45, 7) is 5.95. The van der Waals surface area contributed by atoms with E-state index in [1.54, 1.807) is 24.4 Å². The number of ether oxygens (including phenoxy) is 1. The van der Waals surface area contributed by atoms with Gasteiger partial charge in [-0.3, -0.25) is 4.79 Å². The summed E-state index contributed by atoms with van der Waals surface area (Å²) in [5, 5.41) is 19.4. The van der Waals surface area contributed by atoms with Crippen LogP contribution < -0.4 is 20.9 Å². The lowest BCUT2D eigenvalue weighted by molar-refractivity contribution is -0.111. The highest BCUT2D eigenvalue weighted by atomic mass is 19.1. The van der Waals surface area contributed by atoms with Crippen molar-refractivity contribution < 1.29 is 19.0 Å². The van der Waals surface area contributed by atoms with Crippen molar-refractivity contribution in [1.82, 2.24) is 9.97 Å². The van der Waals surface area contributed by atoms with Gasteiger partial charge in [0, 0.05) is 30.0 Å². The molecule has 0 atom stereocenters. The number of hydrogen-bond acceptors (Lipinski definition) is 8. The smallest absolute Gasteiger partial charge is 0.247 e. The fourth-order valence-electron chi connectivity index (χ4n) is 4.17. The van der Waals surface area contributed by atoms with E-state index in [-0.39, 0.29) is 11.4 Å². The lowest BCUT2D eigenvalue weighted by atomic mass is 10.1. The Morgan fingerprint density at radius 3 is 2.56 bits per heavy atom. The number of morpholine rings is 1. The number of rotatable bonds is 8. The lowest BCUT2D eigenvalue weighted by Gasteiger charge is -2.29. The van der Waals surface area contributed by atoms with Gasteiger partial charge in [-0.25, -0.2) is 14.4 Å². The molecule has 1 fully saturated rings. The van der Waals surface area contributed by atoms with Crippen molar-refractivity contribution in [3.8, 4) is 17.0 Å². The third-order valence-electron chi connectivity index (χ3n) is 6.11. The molecule has 5 rings (SSSR count). The third kappa shape index (κ3) is 6.13. The first-order chi connectivity index (χ1) is 19.0. The van der Waals surface area contributed by atoms with E-state index in [0.29, 0.717) is 60.6 Å². The number of carbonyl (C=O) groups excluding carboxylic acids is 1. The summed E-state index contributed by atoms with van der Waals surface area (Å²) in [6.07, 6.45) is 2.70. The van der Waals surface area contributed by atoms with Crippen LogP contribution in [-0.2, 0) is 9.53 Å². The normalized spacial score (nSPS) is 13.0.